The fourth-order valence-electron chi connectivity index (χ4n) is 4.36. The number of carbonyl (C=O) groups is 3. The van der Waals surface area contributed by atoms with Gasteiger partial charge in [-0.2, -0.15) is 0 Å². The van der Waals surface area contributed by atoms with E-state index in [1.807, 2.05) is 17.1 Å². The maximum Gasteiger partial charge on any atom is 0.233 e. The number of para-hydroxylation sites is 1. The molecular formula is C21H24FN3O3. The monoisotopic (exact) mass is 385 g/mol. The number of likely N-dealkylation sites (tertiary alicyclic amines) is 1. The first-order valence-electron chi connectivity index (χ1n) is 9.83. The smallest absolute Gasteiger partial charge is 0.233 e. The lowest BCUT2D eigenvalue weighted by molar-refractivity contribution is -0.140. The van der Waals surface area contributed by atoms with E-state index >= 15 is 0 Å². The van der Waals surface area contributed by atoms with Crippen molar-refractivity contribution < 1.29 is 18.8 Å². The van der Waals surface area contributed by atoms with Crippen LogP contribution >= 0.6 is 0 Å². The van der Waals surface area contributed by atoms with Crippen LogP contribution < -0.4 is 4.90 Å². The number of imide groups is 1. The van der Waals surface area contributed by atoms with Gasteiger partial charge in [-0.1, -0.05) is 24.3 Å². The van der Waals surface area contributed by atoms with Crippen molar-refractivity contribution >= 4 is 23.4 Å². The van der Waals surface area contributed by atoms with Crippen LogP contribution in [0.4, 0.5) is 10.1 Å². The molecule has 2 aliphatic heterocycles. The molecular weight excluding hydrogens is 361 g/mol. The van der Waals surface area contributed by atoms with E-state index in [9.17, 15) is 18.8 Å². The number of hydrogen-bond acceptors (Lipinski definition) is 4. The molecule has 0 radical (unpaired) electrons. The predicted molar refractivity (Wildman–Crippen MR) is 102 cm³/mol. The van der Waals surface area contributed by atoms with Crippen molar-refractivity contribution in [3.63, 3.8) is 0 Å². The van der Waals surface area contributed by atoms with Gasteiger partial charge in [0, 0.05) is 39.1 Å². The Hall–Kier alpha value is -2.70. The first-order valence-corrected chi connectivity index (χ1v) is 9.83. The summed E-state index contributed by atoms with van der Waals surface area (Å²) < 4.78 is 13.9. The molecule has 3 amide bonds. The maximum absolute atomic E-state index is 13.9. The van der Waals surface area contributed by atoms with E-state index in [1.54, 1.807) is 23.1 Å². The first-order chi connectivity index (χ1) is 13.6. The summed E-state index contributed by atoms with van der Waals surface area (Å²) in [5.41, 5.74) is 0.555. The summed E-state index contributed by atoms with van der Waals surface area (Å²) >= 11 is 0. The topological polar surface area (TPSA) is 60.9 Å². The summed E-state index contributed by atoms with van der Waals surface area (Å²) in [5, 5.41) is 0. The third kappa shape index (κ3) is 3.41. The number of nitrogens with zero attached hydrogens (tertiary/aromatic N) is 3. The van der Waals surface area contributed by atoms with E-state index in [1.165, 1.54) is 11.0 Å². The van der Waals surface area contributed by atoms with Gasteiger partial charge in [0.15, 0.2) is 0 Å². The Labute approximate surface area is 163 Å². The van der Waals surface area contributed by atoms with Crippen molar-refractivity contribution in [1.29, 1.82) is 0 Å². The average molecular weight is 385 g/mol. The zero-order chi connectivity index (χ0) is 19.7. The van der Waals surface area contributed by atoms with E-state index in [-0.39, 0.29) is 48.3 Å². The highest BCUT2D eigenvalue weighted by Crippen LogP contribution is 2.35. The van der Waals surface area contributed by atoms with Crippen LogP contribution in [0.2, 0.25) is 0 Å². The molecule has 0 unspecified atom stereocenters. The van der Waals surface area contributed by atoms with Crippen LogP contribution in [0.1, 0.15) is 19.3 Å². The van der Waals surface area contributed by atoms with Crippen LogP contribution in [0.25, 0.3) is 0 Å². The number of anilines is 1. The molecule has 28 heavy (non-hydrogen) atoms. The van der Waals surface area contributed by atoms with E-state index in [0.717, 1.165) is 0 Å². The minimum absolute atomic E-state index is 0.0678. The second-order valence-electron chi connectivity index (χ2n) is 7.55. The van der Waals surface area contributed by atoms with Gasteiger partial charge >= 0.3 is 0 Å². The van der Waals surface area contributed by atoms with Gasteiger partial charge in [-0.3, -0.25) is 19.3 Å². The number of carbonyl (C=O) groups excluding carboxylic acids is 3. The molecule has 6 nitrogen and oxygen atoms in total. The van der Waals surface area contributed by atoms with Gasteiger partial charge in [0.05, 0.1) is 17.5 Å². The molecule has 1 aliphatic carbocycles. The fraction of sp³-hybridized carbons (Fsp3) is 0.476. The zero-order valence-corrected chi connectivity index (χ0v) is 15.7. The maximum atomic E-state index is 13.9. The minimum Gasteiger partial charge on any atom is -0.366 e. The summed E-state index contributed by atoms with van der Waals surface area (Å²) in [6.07, 6.45) is 5.27. The van der Waals surface area contributed by atoms with Crippen LogP contribution in [0, 0.1) is 17.7 Å². The highest BCUT2D eigenvalue weighted by Gasteiger charge is 2.47. The van der Waals surface area contributed by atoms with Crippen LogP contribution in [0.15, 0.2) is 36.4 Å². The number of piperazine rings is 1. The molecule has 2 heterocycles. The largest absolute Gasteiger partial charge is 0.366 e. The number of rotatable bonds is 4. The highest BCUT2D eigenvalue weighted by atomic mass is 19.1. The van der Waals surface area contributed by atoms with Crippen LogP contribution in [-0.2, 0) is 14.4 Å². The molecule has 1 aromatic rings. The molecule has 0 N–H and O–H groups in total. The second kappa shape index (κ2) is 7.73. The van der Waals surface area contributed by atoms with Crippen LogP contribution in [-0.4, -0.2) is 60.2 Å². The van der Waals surface area contributed by atoms with Crippen molar-refractivity contribution in [1.82, 2.24) is 9.80 Å². The summed E-state index contributed by atoms with van der Waals surface area (Å²) in [4.78, 5) is 42.5. The van der Waals surface area contributed by atoms with E-state index < -0.39 is 0 Å². The molecule has 2 saturated heterocycles. The van der Waals surface area contributed by atoms with Gasteiger partial charge in [-0.15, -0.1) is 0 Å². The Bertz CT molecular complexity index is 791. The summed E-state index contributed by atoms with van der Waals surface area (Å²) in [6.45, 7) is 2.28. The summed E-state index contributed by atoms with van der Waals surface area (Å²) in [7, 11) is 0. The molecule has 0 saturated carbocycles. The Kier molecular flexibility index (Phi) is 5.15. The molecule has 3 aliphatic rings. The Morgan fingerprint density at radius 3 is 2.18 bits per heavy atom. The number of allylic oxidation sites excluding steroid dienone is 2. The fourth-order valence-corrected chi connectivity index (χ4v) is 4.36. The number of amides is 3. The first kappa shape index (κ1) is 18.7. The molecule has 2 fully saturated rings. The average Bonchev–Trinajstić information content (AvgIpc) is 2.97. The molecule has 0 spiro atoms. The highest BCUT2D eigenvalue weighted by molar-refractivity contribution is 6.05. The van der Waals surface area contributed by atoms with Crippen molar-refractivity contribution in [2.24, 2.45) is 11.8 Å². The van der Waals surface area contributed by atoms with Gasteiger partial charge in [0.25, 0.3) is 0 Å². The van der Waals surface area contributed by atoms with Crippen molar-refractivity contribution in [2.45, 2.75) is 19.3 Å². The quantitative estimate of drug-likeness (QED) is 0.586. The normalized spacial score (nSPS) is 24.7. The van der Waals surface area contributed by atoms with Crippen molar-refractivity contribution in [3.05, 3.63) is 42.2 Å². The molecule has 7 heteroatoms. The van der Waals surface area contributed by atoms with E-state index in [2.05, 4.69) is 0 Å². The third-order valence-electron chi connectivity index (χ3n) is 5.97. The van der Waals surface area contributed by atoms with Crippen LogP contribution in [0.5, 0.6) is 0 Å². The lowest BCUT2D eigenvalue weighted by Gasteiger charge is -2.36. The van der Waals surface area contributed by atoms with Gasteiger partial charge in [-0.25, -0.2) is 4.39 Å². The van der Waals surface area contributed by atoms with Crippen molar-refractivity contribution in [3.8, 4) is 0 Å². The van der Waals surface area contributed by atoms with E-state index in [4.69, 9.17) is 0 Å². The Morgan fingerprint density at radius 1 is 0.964 bits per heavy atom. The lowest BCUT2D eigenvalue weighted by atomic mass is 9.85. The molecule has 4 rings (SSSR count). The van der Waals surface area contributed by atoms with Crippen molar-refractivity contribution in [2.75, 3.05) is 37.6 Å². The number of hydrogen-bond donors (Lipinski definition) is 0. The molecule has 1 aromatic carbocycles. The SMILES string of the molecule is O=C(CCN1C(=O)[C@H]2CC=CC[C@@H]2C1=O)N1CCN(c2ccccc2F)CC1. The lowest BCUT2D eigenvalue weighted by Crippen LogP contribution is -2.49. The van der Waals surface area contributed by atoms with Gasteiger partial charge in [-0.05, 0) is 25.0 Å². The van der Waals surface area contributed by atoms with E-state index in [0.29, 0.717) is 44.7 Å². The summed E-state index contributed by atoms with van der Waals surface area (Å²) in [6, 6.07) is 6.63. The van der Waals surface area contributed by atoms with Gasteiger partial charge in [0.2, 0.25) is 17.7 Å². The molecule has 2 atom stereocenters. The van der Waals surface area contributed by atoms with Gasteiger partial charge in [0.1, 0.15) is 5.82 Å². The Morgan fingerprint density at radius 2 is 1.57 bits per heavy atom. The third-order valence-corrected chi connectivity index (χ3v) is 5.97. The summed E-state index contributed by atoms with van der Waals surface area (Å²) in [5.74, 6) is -1.12. The second-order valence-corrected chi connectivity index (χ2v) is 7.55. The number of benzene rings is 1. The predicted octanol–water partition coefficient (Wildman–Crippen LogP) is 1.82. The molecule has 148 valence electrons. The molecule has 0 bridgehead atoms. The number of halogens is 1. The molecule has 0 aromatic heterocycles. The standard InChI is InChI=1S/C21H24FN3O3/c22-17-7-3-4-8-18(17)23-11-13-24(14-12-23)19(26)9-10-25-20(27)15-5-1-2-6-16(15)21(25)28/h1-4,7-8,15-16H,5-6,9-14H2/t15-,16-/m0/s1. The number of fused-ring (bicyclic) bond motifs is 1. The minimum atomic E-state index is -0.260. The zero-order valence-electron chi connectivity index (χ0n) is 15.7. The van der Waals surface area contributed by atoms with Gasteiger partial charge < -0.3 is 9.80 Å². The Balaban J connectivity index is 1.29. The van der Waals surface area contributed by atoms with Crippen LogP contribution in [0.3, 0.4) is 0 Å².